The van der Waals surface area contributed by atoms with Crippen LogP contribution in [-0.2, 0) is 9.59 Å². The van der Waals surface area contributed by atoms with Gasteiger partial charge in [0.15, 0.2) is 0 Å². The number of amides is 1. The number of nitrogens with zero attached hydrogens (tertiary/aromatic N) is 1. The fourth-order valence-corrected chi connectivity index (χ4v) is 1.23. The number of carbonyl (C=O) groups is 2. The molecule has 0 aliphatic rings. The first kappa shape index (κ1) is 12.1. The minimum atomic E-state index is -0.351. The summed E-state index contributed by atoms with van der Waals surface area (Å²) in [7, 11) is 1.87. The molecule has 1 atom stereocenters. The summed E-state index contributed by atoms with van der Waals surface area (Å²) in [6.07, 6.45) is 0.795. The predicted molar refractivity (Wildman–Crippen MR) is 51.2 cm³/mol. The normalized spacial score (nSPS) is 12.9. The van der Waals surface area contributed by atoms with Gasteiger partial charge in [0.25, 0.3) is 0 Å². The van der Waals surface area contributed by atoms with E-state index in [4.69, 9.17) is 5.73 Å². The number of nitrogens with two attached hydrogens (primary N) is 1. The van der Waals surface area contributed by atoms with Gasteiger partial charge in [-0.15, -0.1) is 0 Å². The summed E-state index contributed by atoms with van der Waals surface area (Å²) < 4.78 is 0. The van der Waals surface area contributed by atoms with Gasteiger partial charge >= 0.3 is 0 Å². The van der Waals surface area contributed by atoms with Crippen molar-refractivity contribution >= 4 is 11.7 Å². The Balaban J connectivity index is 4.10. The van der Waals surface area contributed by atoms with Crippen LogP contribution in [0.25, 0.3) is 0 Å². The third-order valence-electron chi connectivity index (χ3n) is 2.16. The second-order valence-corrected chi connectivity index (χ2v) is 3.20. The van der Waals surface area contributed by atoms with Crippen LogP contribution in [-0.4, -0.2) is 36.2 Å². The van der Waals surface area contributed by atoms with Gasteiger partial charge in [-0.3, -0.25) is 14.5 Å². The lowest BCUT2D eigenvalue weighted by molar-refractivity contribution is -0.122. The molecule has 4 heteroatoms. The Hall–Kier alpha value is -0.900. The predicted octanol–water partition coefficient (Wildman–Crippen LogP) is 0.161. The Labute approximate surface area is 79.1 Å². The molecule has 13 heavy (non-hydrogen) atoms. The van der Waals surface area contributed by atoms with Crippen LogP contribution >= 0.6 is 0 Å². The summed E-state index contributed by atoms with van der Waals surface area (Å²) in [6, 6.07) is -0.169. The molecule has 0 aliphatic carbocycles. The minimum absolute atomic E-state index is 0.0885. The van der Waals surface area contributed by atoms with Crippen LogP contribution in [0.5, 0.6) is 0 Å². The van der Waals surface area contributed by atoms with E-state index in [0.29, 0.717) is 6.42 Å². The van der Waals surface area contributed by atoms with E-state index in [0.717, 1.165) is 6.54 Å². The summed E-state index contributed by atoms with van der Waals surface area (Å²) in [6.45, 7) is 4.31. The van der Waals surface area contributed by atoms with Crippen LogP contribution < -0.4 is 5.73 Å². The second-order valence-electron chi connectivity index (χ2n) is 3.20. The first-order valence-electron chi connectivity index (χ1n) is 4.48. The fourth-order valence-electron chi connectivity index (χ4n) is 1.23. The maximum absolute atomic E-state index is 11.2. The van der Waals surface area contributed by atoms with E-state index in [2.05, 4.69) is 0 Å². The molecular weight excluding hydrogens is 168 g/mol. The summed E-state index contributed by atoms with van der Waals surface area (Å²) >= 11 is 0. The molecule has 2 N–H and O–H groups in total. The third kappa shape index (κ3) is 4.62. The van der Waals surface area contributed by atoms with E-state index < -0.39 is 0 Å². The van der Waals surface area contributed by atoms with E-state index in [1.807, 2.05) is 18.9 Å². The van der Waals surface area contributed by atoms with Gasteiger partial charge in [-0.05, 0) is 26.9 Å². The Morgan fingerprint density at radius 3 is 2.31 bits per heavy atom. The van der Waals surface area contributed by atoms with Crippen LogP contribution in [0, 0.1) is 0 Å². The topological polar surface area (TPSA) is 63.4 Å². The molecule has 76 valence electrons. The molecule has 0 saturated carbocycles. The quantitative estimate of drug-likeness (QED) is 0.642. The standard InChI is InChI=1S/C9H18N2O2/c1-4-11(3)8(7(2)12)5-6-9(10)13/h8H,4-6H2,1-3H3,(H2,10,13)/t8-/m0/s1. The van der Waals surface area contributed by atoms with E-state index >= 15 is 0 Å². The van der Waals surface area contributed by atoms with Gasteiger partial charge in [-0.1, -0.05) is 6.92 Å². The van der Waals surface area contributed by atoms with Gasteiger partial charge in [0.05, 0.1) is 6.04 Å². The molecule has 0 heterocycles. The zero-order valence-electron chi connectivity index (χ0n) is 8.54. The Morgan fingerprint density at radius 1 is 1.46 bits per heavy atom. The Bertz CT molecular complexity index is 192. The van der Waals surface area contributed by atoms with Crippen molar-refractivity contribution in [3.05, 3.63) is 0 Å². The molecule has 0 aromatic rings. The van der Waals surface area contributed by atoms with Gasteiger partial charge in [-0.25, -0.2) is 0 Å². The van der Waals surface area contributed by atoms with Crippen LogP contribution in [0.4, 0.5) is 0 Å². The molecule has 0 rings (SSSR count). The molecular formula is C9H18N2O2. The van der Waals surface area contributed by atoms with Crippen molar-refractivity contribution in [2.75, 3.05) is 13.6 Å². The lowest BCUT2D eigenvalue weighted by Crippen LogP contribution is -2.37. The van der Waals surface area contributed by atoms with Crippen molar-refractivity contribution in [3.8, 4) is 0 Å². The third-order valence-corrected chi connectivity index (χ3v) is 2.16. The van der Waals surface area contributed by atoms with Crippen molar-refractivity contribution in [1.29, 1.82) is 0 Å². The van der Waals surface area contributed by atoms with Gasteiger partial charge in [0.1, 0.15) is 5.78 Å². The molecule has 0 unspecified atom stereocenters. The highest BCUT2D eigenvalue weighted by Crippen LogP contribution is 2.05. The zero-order chi connectivity index (χ0) is 10.4. The largest absolute Gasteiger partial charge is 0.370 e. The van der Waals surface area contributed by atoms with Gasteiger partial charge in [-0.2, -0.15) is 0 Å². The number of primary amides is 1. The number of ketones is 1. The maximum Gasteiger partial charge on any atom is 0.217 e. The van der Waals surface area contributed by atoms with Gasteiger partial charge in [0.2, 0.25) is 5.91 Å². The molecule has 0 fully saturated rings. The molecule has 4 nitrogen and oxygen atoms in total. The minimum Gasteiger partial charge on any atom is -0.370 e. The smallest absolute Gasteiger partial charge is 0.217 e. The number of carbonyl (C=O) groups excluding carboxylic acids is 2. The molecule has 0 bridgehead atoms. The molecule has 0 saturated heterocycles. The highest BCUT2D eigenvalue weighted by Gasteiger charge is 2.18. The van der Waals surface area contributed by atoms with Crippen molar-refractivity contribution < 1.29 is 9.59 Å². The molecule has 0 radical (unpaired) electrons. The van der Waals surface area contributed by atoms with E-state index in [1.54, 1.807) is 0 Å². The Morgan fingerprint density at radius 2 is 2.00 bits per heavy atom. The van der Waals surface area contributed by atoms with E-state index in [9.17, 15) is 9.59 Å². The molecule has 0 aliphatic heterocycles. The number of Topliss-reactive ketones (excluding diaryl/α,β-unsaturated/α-hetero) is 1. The van der Waals surface area contributed by atoms with Gasteiger partial charge < -0.3 is 5.73 Å². The molecule has 1 amide bonds. The maximum atomic E-state index is 11.2. The average molecular weight is 186 g/mol. The molecule has 0 aromatic carbocycles. The number of hydrogen-bond donors (Lipinski definition) is 1. The monoisotopic (exact) mass is 186 g/mol. The molecule has 0 aromatic heterocycles. The first-order chi connectivity index (χ1) is 5.99. The SMILES string of the molecule is CCN(C)[C@@H](CCC(N)=O)C(C)=O. The highest BCUT2D eigenvalue weighted by molar-refractivity contribution is 5.82. The van der Waals surface area contributed by atoms with Crippen LogP contribution in [0.1, 0.15) is 26.7 Å². The lowest BCUT2D eigenvalue weighted by Gasteiger charge is -2.23. The number of likely N-dealkylation sites (N-methyl/N-ethyl adjacent to an activating group) is 1. The van der Waals surface area contributed by atoms with Crippen molar-refractivity contribution in [2.45, 2.75) is 32.7 Å². The van der Waals surface area contributed by atoms with Crippen LogP contribution in [0.15, 0.2) is 0 Å². The second kappa shape index (κ2) is 5.70. The van der Waals surface area contributed by atoms with E-state index in [1.165, 1.54) is 6.92 Å². The highest BCUT2D eigenvalue weighted by atomic mass is 16.1. The number of rotatable bonds is 6. The van der Waals surface area contributed by atoms with Gasteiger partial charge in [0, 0.05) is 6.42 Å². The Kier molecular flexibility index (Phi) is 5.30. The summed E-state index contributed by atoms with van der Waals surface area (Å²) in [5.74, 6) is -0.263. The van der Waals surface area contributed by atoms with Crippen molar-refractivity contribution in [3.63, 3.8) is 0 Å². The summed E-state index contributed by atoms with van der Waals surface area (Å²) in [4.78, 5) is 23.6. The average Bonchev–Trinajstić information content (AvgIpc) is 2.03. The van der Waals surface area contributed by atoms with Crippen LogP contribution in [0.2, 0.25) is 0 Å². The fraction of sp³-hybridized carbons (Fsp3) is 0.778. The summed E-state index contributed by atoms with van der Waals surface area (Å²) in [5, 5.41) is 0. The lowest BCUT2D eigenvalue weighted by atomic mass is 10.1. The summed E-state index contributed by atoms with van der Waals surface area (Å²) in [5.41, 5.74) is 5.01. The van der Waals surface area contributed by atoms with Crippen LogP contribution in [0.3, 0.4) is 0 Å². The first-order valence-corrected chi connectivity index (χ1v) is 4.48. The van der Waals surface area contributed by atoms with Crippen molar-refractivity contribution in [1.82, 2.24) is 4.90 Å². The number of hydrogen-bond acceptors (Lipinski definition) is 3. The van der Waals surface area contributed by atoms with E-state index in [-0.39, 0.29) is 24.2 Å². The molecule has 0 spiro atoms. The zero-order valence-corrected chi connectivity index (χ0v) is 8.54. The van der Waals surface area contributed by atoms with Crippen molar-refractivity contribution in [2.24, 2.45) is 5.73 Å².